The Balaban J connectivity index is 1.65. The van der Waals surface area contributed by atoms with Crippen molar-refractivity contribution >= 4 is 50.8 Å². The molecule has 1 amide bonds. The van der Waals surface area contributed by atoms with Crippen molar-refractivity contribution in [3.63, 3.8) is 0 Å². The average Bonchev–Trinajstić information content (AvgIpc) is 3.01. The third-order valence-electron chi connectivity index (χ3n) is 4.47. The molecule has 1 N–H and O–H groups in total. The van der Waals surface area contributed by atoms with Gasteiger partial charge < -0.3 is 15.0 Å². The van der Waals surface area contributed by atoms with E-state index in [0.717, 1.165) is 20.7 Å². The van der Waals surface area contributed by atoms with Gasteiger partial charge in [0.15, 0.2) is 0 Å². The van der Waals surface area contributed by atoms with Crippen LogP contribution in [0.15, 0.2) is 24.5 Å². The number of carbonyl (C=O) groups is 1. The summed E-state index contributed by atoms with van der Waals surface area (Å²) in [5.74, 6) is 0.0869. The molecule has 0 saturated heterocycles. The molecule has 6 nitrogen and oxygen atoms in total. The van der Waals surface area contributed by atoms with Crippen molar-refractivity contribution in [1.82, 2.24) is 14.9 Å². The van der Waals surface area contributed by atoms with E-state index >= 15 is 0 Å². The Morgan fingerprint density at radius 3 is 2.86 bits per heavy atom. The van der Waals surface area contributed by atoms with E-state index in [4.69, 9.17) is 16.3 Å². The fourth-order valence-electron chi connectivity index (χ4n) is 3.22. The molecule has 0 atom stereocenters. The average molecular weight is 435 g/mol. The Morgan fingerprint density at radius 1 is 1.34 bits per heavy atom. The SMILES string of the molecule is CC(C)(C)OC(=O)N1CCc2c(sc3ncnc(Nc4ccc(Cl)cc4F)c23)C1. The number of thiophene rings is 1. The monoisotopic (exact) mass is 434 g/mol. The van der Waals surface area contributed by atoms with E-state index in [2.05, 4.69) is 15.3 Å². The summed E-state index contributed by atoms with van der Waals surface area (Å²) in [5, 5.41) is 4.26. The summed E-state index contributed by atoms with van der Waals surface area (Å²) in [7, 11) is 0. The van der Waals surface area contributed by atoms with Crippen molar-refractivity contribution in [2.45, 2.75) is 39.3 Å². The molecule has 3 aromatic rings. The topological polar surface area (TPSA) is 67.3 Å². The summed E-state index contributed by atoms with van der Waals surface area (Å²) in [6.07, 6.45) is 1.78. The van der Waals surface area contributed by atoms with Crippen LogP contribution in [0.3, 0.4) is 0 Å². The lowest BCUT2D eigenvalue weighted by molar-refractivity contribution is 0.0227. The van der Waals surface area contributed by atoms with Crippen molar-refractivity contribution in [1.29, 1.82) is 0 Å². The molecule has 0 saturated carbocycles. The molecule has 0 unspecified atom stereocenters. The third-order valence-corrected chi connectivity index (χ3v) is 5.83. The molecule has 152 valence electrons. The van der Waals surface area contributed by atoms with Crippen LogP contribution in [-0.4, -0.2) is 33.1 Å². The summed E-state index contributed by atoms with van der Waals surface area (Å²) in [5.41, 5.74) is 0.839. The van der Waals surface area contributed by atoms with E-state index in [1.807, 2.05) is 20.8 Å². The van der Waals surface area contributed by atoms with Crippen molar-refractivity contribution in [3.05, 3.63) is 45.8 Å². The van der Waals surface area contributed by atoms with Gasteiger partial charge in [0, 0.05) is 16.4 Å². The molecule has 2 aromatic heterocycles. The lowest BCUT2D eigenvalue weighted by Gasteiger charge is -2.30. The van der Waals surface area contributed by atoms with Crippen LogP contribution in [0.2, 0.25) is 5.02 Å². The largest absolute Gasteiger partial charge is 0.444 e. The number of nitrogens with one attached hydrogen (secondary N) is 1. The fourth-order valence-corrected chi connectivity index (χ4v) is 4.58. The number of hydrogen-bond acceptors (Lipinski definition) is 6. The van der Waals surface area contributed by atoms with Gasteiger partial charge in [-0.2, -0.15) is 0 Å². The summed E-state index contributed by atoms with van der Waals surface area (Å²) in [6.45, 7) is 6.55. The van der Waals surface area contributed by atoms with E-state index in [0.29, 0.717) is 36.0 Å². The van der Waals surface area contributed by atoms with Crippen LogP contribution < -0.4 is 5.32 Å². The lowest BCUT2D eigenvalue weighted by atomic mass is 10.1. The maximum Gasteiger partial charge on any atom is 0.410 e. The molecular weight excluding hydrogens is 415 g/mol. The molecule has 9 heteroatoms. The number of anilines is 2. The molecule has 3 heterocycles. The quantitative estimate of drug-likeness (QED) is 0.575. The van der Waals surface area contributed by atoms with E-state index < -0.39 is 11.4 Å². The first-order chi connectivity index (χ1) is 13.7. The zero-order valence-corrected chi connectivity index (χ0v) is 17.8. The third kappa shape index (κ3) is 4.13. The number of nitrogens with zero attached hydrogens (tertiary/aromatic N) is 3. The van der Waals surface area contributed by atoms with Crippen molar-refractivity contribution in [3.8, 4) is 0 Å². The molecule has 0 aliphatic carbocycles. The predicted molar refractivity (Wildman–Crippen MR) is 112 cm³/mol. The Kier molecular flexibility index (Phi) is 5.08. The number of hydrogen-bond donors (Lipinski definition) is 1. The maximum atomic E-state index is 14.2. The minimum Gasteiger partial charge on any atom is -0.444 e. The number of aromatic nitrogens is 2. The molecule has 1 aliphatic heterocycles. The number of carbonyl (C=O) groups excluding carboxylic acids is 1. The van der Waals surface area contributed by atoms with Gasteiger partial charge in [-0.3, -0.25) is 0 Å². The zero-order chi connectivity index (χ0) is 20.8. The van der Waals surface area contributed by atoms with Gasteiger partial charge in [-0.05, 0) is 51.0 Å². The fraction of sp³-hybridized carbons (Fsp3) is 0.350. The van der Waals surface area contributed by atoms with Crippen molar-refractivity contribution in [2.75, 3.05) is 11.9 Å². The van der Waals surface area contributed by atoms with Crippen molar-refractivity contribution in [2.24, 2.45) is 0 Å². The van der Waals surface area contributed by atoms with Crippen LogP contribution in [0, 0.1) is 5.82 Å². The van der Waals surface area contributed by atoms with Gasteiger partial charge in [0.2, 0.25) is 0 Å². The van der Waals surface area contributed by atoms with Gasteiger partial charge in [0.05, 0.1) is 17.6 Å². The maximum absolute atomic E-state index is 14.2. The standard InChI is InChI=1S/C20H20ClFN4O2S/c1-20(2,3)28-19(27)26-7-6-12-15(9-26)29-18-16(12)17(23-10-24-18)25-14-5-4-11(21)8-13(14)22/h4-5,8,10H,6-7,9H2,1-3H3,(H,23,24,25). The highest BCUT2D eigenvalue weighted by atomic mass is 35.5. The Hall–Kier alpha value is -2.45. The van der Waals surface area contributed by atoms with E-state index in [-0.39, 0.29) is 6.09 Å². The van der Waals surface area contributed by atoms with Gasteiger partial charge in [-0.25, -0.2) is 19.2 Å². The summed E-state index contributed by atoms with van der Waals surface area (Å²) >= 11 is 7.35. The summed E-state index contributed by atoms with van der Waals surface area (Å²) in [6, 6.07) is 4.45. The molecule has 29 heavy (non-hydrogen) atoms. The molecular formula is C20H20ClFN4O2S. The minimum absolute atomic E-state index is 0.292. The first kappa shape index (κ1) is 19.8. The number of amides is 1. The van der Waals surface area contributed by atoms with Crippen molar-refractivity contribution < 1.29 is 13.9 Å². The number of benzene rings is 1. The highest BCUT2D eigenvalue weighted by Gasteiger charge is 2.29. The lowest BCUT2D eigenvalue weighted by Crippen LogP contribution is -2.39. The normalized spacial score (nSPS) is 14.0. The highest BCUT2D eigenvalue weighted by Crippen LogP contribution is 2.38. The van der Waals surface area contributed by atoms with E-state index in [1.165, 1.54) is 23.7 Å². The van der Waals surface area contributed by atoms with Crippen LogP contribution in [0.4, 0.5) is 20.7 Å². The predicted octanol–water partition coefficient (Wildman–Crippen LogP) is 5.52. The number of ether oxygens (including phenoxy) is 1. The number of rotatable bonds is 2. The number of fused-ring (bicyclic) bond motifs is 3. The van der Waals surface area contributed by atoms with Crippen LogP contribution in [-0.2, 0) is 17.7 Å². The van der Waals surface area contributed by atoms with Crippen LogP contribution in [0.5, 0.6) is 0 Å². The highest BCUT2D eigenvalue weighted by molar-refractivity contribution is 7.19. The van der Waals surface area contributed by atoms with E-state index in [9.17, 15) is 9.18 Å². The first-order valence-electron chi connectivity index (χ1n) is 9.16. The number of halogens is 2. The van der Waals surface area contributed by atoms with Gasteiger partial charge in [-0.15, -0.1) is 11.3 Å². The van der Waals surface area contributed by atoms with Gasteiger partial charge in [0.25, 0.3) is 0 Å². The smallest absolute Gasteiger partial charge is 0.410 e. The second kappa shape index (κ2) is 7.42. The minimum atomic E-state index is -0.539. The zero-order valence-electron chi connectivity index (χ0n) is 16.3. The molecule has 0 bridgehead atoms. The van der Waals surface area contributed by atoms with Crippen LogP contribution in [0.25, 0.3) is 10.2 Å². The van der Waals surface area contributed by atoms with Gasteiger partial charge in [0.1, 0.15) is 28.4 Å². The second-order valence-electron chi connectivity index (χ2n) is 7.81. The molecule has 0 radical (unpaired) electrons. The summed E-state index contributed by atoms with van der Waals surface area (Å²) in [4.78, 5) is 24.7. The van der Waals surface area contributed by atoms with Crippen LogP contribution >= 0.6 is 22.9 Å². The Morgan fingerprint density at radius 2 is 2.14 bits per heavy atom. The molecule has 1 aromatic carbocycles. The van der Waals surface area contributed by atoms with Crippen LogP contribution in [0.1, 0.15) is 31.2 Å². The van der Waals surface area contributed by atoms with Gasteiger partial charge in [-0.1, -0.05) is 11.6 Å². The molecule has 0 spiro atoms. The first-order valence-corrected chi connectivity index (χ1v) is 10.4. The Labute approximate surface area is 176 Å². The summed E-state index contributed by atoms with van der Waals surface area (Å²) < 4.78 is 19.7. The van der Waals surface area contributed by atoms with Gasteiger partial charge >= 0.3 is 6.09 Å². The Bertz CT molecular complexity index is 1100. The molecule has 0 fully saturated rings. The second-order valence-corrected chi connectivity index (χ2v) is 9.33. The molecule has 1 aliphatic rings. The molecule has 4 rings (SSSR count). The van der Waals surface area contributed by atoms with E-state index in [1.54, 1.807) is 17.0 Å².